The zero-order chi connectivity index (χ0) is 12.5. The number of hydrogen-bond donors (Lipinski definition) is 0. The molecule has 0 radical (unpaired) electrons. The minimum absolute atomic E-state index is 0.583. The summed E-state index contributed by atoms with van der Waals surface area (Å²) in [6.07, 6.45) is 0.840. The van der Waals surface area contributed by atoms with E-state index in [0.29, 0.717) is 6.61 Å². The molecule has 0 N–H and O–H groups in total. The van der Waals surface area contributed by atoms with Crippen molar-refractivity contribution in [3.05, 3.63) is 42.5 Å². The third-order valence-electron chi connectivity index (χ3n) is 3.10. The Labute approximate surface area is 105 Å². The Morgan fingerprint density at radius 3 is 2.67 bits per heavy atom. The number of aromatic nitrogens is 1. The topological polar surface area (TPSA) is 31.2 Å². The van der Waals surface area contributed by atoms with Crippen molar-refractivity contribution in [1.29, 1.82) is 0 Å². The summed E-state index contributed by atoms with van der Waals surface area (Å²) in [5.74, 6) is 0.748. The number of hydrogen-bond acceptors (Lipinski definition) is 2. The van der Waals surface area contributed by atoms with Crippen LogP contribution in [0.25, 0.3) is 21.8 Å². The maximum Gasteiger partial charge on any atom is 0.218 e. The van der Waals surface area contributed by atoms with Gasteiger partial charge in [0.15, 0.2) is 0 Å². The highest BCUT2D eigenvalue weighted by atomic mass is 16.5. The maximum atomic E-state index is 11.4. The van der Waals surface area contributed by atoms with Gasteiger partial charge < -0.3 is 4.74 Å². The zero-order valence-electron chi connectivity index (χ0n) is 10.1. The third kappa shape index (κ3) is 1.40. The molecule has 90 valence electrons. The average Bonchev–Trinajstić information content (AvgIpc) is 2.74. The third-order valence-corrected chi connectivity index (χ3v) is 3.10. The van der Waals surface area contributed by atoms with Gasteiger partial charge in [-0.05, 0) is 19.1 Å². The number of carbonyl (C=O) groups excluding carboxylic acids is 1. The molecule has 0 bridgehead atoms. The second-order valence-corrected chi connectivity index (χ2v) is 4.08. The van der Waals surface area contributed by atoms with Crippen molar-refractivity contribution >= 4 is 28.2 Å². The van der Waals surface area contributed by atoms with E-state index < -0.39 is 0 Å². The number of benzene rings is 2. The van der Waals surface area contributed by atoms with Crippen LogP contribution in [0.5, 0.6) is 5.75 Å². The summed E-state index contributed by atoms with van der Waals surface area (Å²) in [4.78, 5) is 11.4. The molecule has 1 heterocycles. The van der Waals surface area contributed by atoms with Gasteiger partial charge in [0.1, 0.15) is 5.75 Å². The van der Waals surface area contributed by atoms with E-state index in [9.17, 15) is 4.79 Å². The lowest BCUT2D eigenvalue weighted by molar-refractivity contribution is 0.343. The van der Waals surface area contributed by atoms with E-state index in [1.165, 1.54) is 0 Å². The van der Waals surface area contributed by atoms with Crippen molar-refractivity contribution in [2.45, 2.75) is 6.92 Å². The number of para-hydroxylation sites is 2. The quantitative estimate of drug-likeness (QED) is 0.657. The van der Waals surface area contributed by atoms with Crippen LogP contribution in [-0.2, 0) is 4.79 Å². The van der Waals surface area contributed by atoms with Crippen LogP contribution in [0.4, 0.5) is 0 Å². The predicted octanol–water partition coefficient (Wildman–Crippen LogP) is 3.23. The molecule has 3 heteroatoms. The lowest BCUT2D eigenvalue weighted by atomic mass is 10.1. The lowest BCUT2D eigenvalue weighted by Gasteiger charge is -2.05. The molecular formula is C15H13NO2. The van der Waals surface area contributed by atoms with Crippen LogP contribution in [0.1, 0.15) is 6.92 Å². The van der Waals surface area contributed by atoms with Crippen LogP contribution in [0.2, 0.25) is 0 Å². The molecule has 0 unspecified atom stereocenters. The van der Waals surface area contributed by atoms with Gasteiger partial charge in [-0.2, -0.15) is 0 Å². The molecule has 3 aromatic rings. The van der Waals surface area contributed by atoms with Gasteiger partial charge in [-0.15, -0.1) is 0 Å². The monoisotopic (exact) mass is 239 g/mol. The molecule has 0 aliphatic heterocycles. The van der Waals surface area contributed by atoms with Crippen molar-refractivity contribution in [3.63, 3.8) is 0 Å². The highest BCUT2D eigenvalue weighted by molar-refractivity contribution is 6.12. The van der Waals surface area contributed by atoms with E-state index in [1.54, 1.807) is 4.57 Å². The van der Waals surface area contributed by atoms with E-state index in [1.807, 2.05) is 49.4 Å². The van der Waals surface area contributed by atoms with Crippen molar-refractivity contribution in [2.24, 2.45) is 0 Å². The molecule has 0 aliphatic carbocycles. The smallest absolute Gasteiger partial charge is 0.218 e. The highest BCUT2D eigenvalue weighted by Crippen LogP contribution is 2.33. The normalized spacial score (nSPS) is 10.9. The standard InChI is InChI=1S/C15H13NO2/c1-2-18-14-9-5-7-12-11-6-3-4-8-13(11)16(10-17)15(12)14/h3-10H,2H2,1H3. The van der Waals surface area contributed by atoms with Gasteiger partial charge in [0.2, 0.25) is 6.41 Å². The zero-order valence-corrected chi connectivity index (χ0v) is 10.1. The summed E-state index contributed by atoms with van der Waals surface area (Å²) in [5, 5.41) is 2.12. The first-order chi connectivity index (χ1) is 8.86. The summed E-state index contributed by atoms with van der Waals surface area (Å²) >= 11 is 0. The van der Waals surface area contributed by atoms with Crippen molar-refractivity contribution in [1.82, 2.24) is 4.57 Å². The minimum Gasteiger partial charge on any atom is -0.492 e. The Bertz CT molecular complexity index is 728. The average molecular weight is 239 g/mol. The summed E-state index contributed by atoms with van der Waals surface area (Å²) in [5.41, 5.74) is 1.75. The van der Waals surface area contributed by atoms with Gasteiger partial charge >= 0.3 is 0 Å². The van der Waals surface area contributed by atoms with Crippen LogP contribution in [-0.4, -0.2) is 17.6 Å². The molecular weight excluding hydrogens is 226 g/mol. The highest BCUT2D eigenvalue weighted by Gasteiger charge is 2.13. The molecule has 0 fully saturated rings. The summed E-state index contributed by atoms with van der Waals surface area (Å²) < 4.78 is 7.26. The summed E-state index contributed by atoms with van der Waals surface area (Å²) in [7, 11) is 0. The molecule has 0 spiro atoms. The van der Waals surface area contributed by atoms with Gasteiger partial charge in [0.25, 0.3) is 0 Å². The van der Waals surface area contributed by atoms with Gasteiger partial charge in [0, 0.05) is 10.8 Å². The Hall–Kier alpha value is -2.29. The number of fused-ring (bicyclic) bond motifs is 3. The van der Waals surface area contributed by atoms with Crippen molar-refractivity contribution in [3.8, 4) is 5.75 Å². The second-order valence-electron chi connectivity index (χ2n) is 4.08. The Balaban J connectivity index is 2.51. The van der Waals surface area contributed by atoms with Gasteiger partial charge in [-0.1, -0.05) is 30.3 Å². The molecule has 0 saturated carbocycles. The molecule has 3 rings (SSSR count). The largest absolute Gasteiger partial charge is 0.492 e. The van der Waals surface area contributed by atoms with Crippen molar-refractivity contribution in [2.75, 3.05) is 6.61 Å². The number of rotatable bonds is 3. The van der Waals surface area contributed by atoms with Gasteiger partial charge in [0.05, 0.1) is 17.6 Å². The lowest BCUT2D eigenvalue weighted by Crippen LogP contribution is -1.98. The molecule has 1 aromatic heterocycles. The maximum absolute atomic E-state index is 11.4. The fourth-order valence-corrected chi connectivity index (χ4v) is 2.40. The predicted molar refractivity (Wildman–Crippen MR) is 72.8 cm³/mol. The van der Waals surface area contributed by atoms with E-state index in [0.717, 1.165) is 34.0 Å². The number of nitrogens with zero attached hydrogens (tertiary/aromatic N) is 1. The van der Waals surface area contributed by atoms with E-state index in [-0.39, 0.29) is 0 Å². The van der Waals surface area contributed by atoms with Crippen LogP contribution >= 0.6 is 0 Å². The SMILES string of the molecule is CCOc1cccc2c3ccccc3n(C=O)c12. The van der Waals surface area contributed by atoms with Gasteiger partial charge in [-0.25, -0.2) is 0 Å². The van der Waals surface area contributed by atoms with Crippen LogP contribution in [0, 0.1) is 0 Å². The molecule has 2 aromatic carbocycles. The fourth-order valence-electron chi connectivity index (χ4n) is 2.40. The summed E-state index contributed by atoms with van der Waals surface area (Å²) in [6, 6.07) is 13.7. The Morgan fingerprint density at radius 1 is 1.11 bits per heavy atom. The molecule has 0 aliphatic rings. The van der Waals surface area contributed by atoms with Crippen molar-refractivity contribution < 1.29 is 9.53 Å². The Morgan fingerprint density at radius 2 is 1.89 bits per heavy atom. The van der Waals surface area contributed by atoms with E-state index in [4.69, 9.17) is 4.74 Å². The van der Waals surface area contributed by atoms with Crippen LogP contribution in [0.15, 0.2) is 42.5 Å². The Kier molecular flexibility index (Phi) is 2.52. The van der Waals surface area contributed by atoms with Crippen LogP contribution < -0.4 is 4.74 Å². The summed E-state index contributed by atoms with van der Waals surface area (Å²) in [6.45, 7) is 2.52. The molecule has 0 saturated heterocycles. The number of ether oxygens (including phenoxy) is 1. The molecule has 0 atom stereocenters. The molecule has 3 nitrogen and oxygen atoms in total. The minimum atomic E-state index is 0.583. The first kappa shape index (κ1) is 10.8. The second kappa shape index (κ2) is 4.18. The fraction of sp³-hybridized carbons (Fsp3) is 0.133. The van der Waals surface area contributed by atoms with E-state index >= 15 is 0 Å². The molecule has 18 heavy (non-hydrogen) atoms. The first-order valence-electron chi connectivity index (χ1n) is 5.96. The van der Waals surface area contributed by atoms with Gasteiger partial charge in [-0.3, -0.25) is 9.36 Å². The first-order valence-corrected chi connectivity index (χ1v) is 5.96. The van der Waals surface area contributed by atoms with E-state index in [2.05, 4.69) is 0 Å². The van der Waals surface area contributed by atoms with Crippen LogP contribution in [0.3, 0.4) is 0 Å². The number of carbonyl (C=O) groups is 1. The molecule has 0 amide bonds.